The Bertz CT molecular complexity index is 782. The first kappa shape index (κ1) is 17.1. The molecule has 126 valence electrons. The van der Waals surface area contributed by atoms with Gasteiger partial charge in [-0.3, -0.25) is 4.79 Å². The number of carbonyl (C=O) groups excluding carboxylic acids is 1. The summed E-state index contributed by atoms with van der Waals surface area (Å²) in [7, 11) is 0. The molecule has 24 heavy (non-hydrogen) atoms. The molecule has 2 N–H and O–H groups in total. The van der Waals surface area contributed by atoms with E-state index in [1.807, 2.05) is 0 Å². The van der Waals surface area contributed by atoms with Crippen LogP contribution in [-0.4, -0.2) is 31.7 Å². The second-order valence-corrected chi connectivity index (χ2v) is 5.36. The van der Waals surface area contributed by atoms with Crippen molar-refractivity contribution < 1.29 is 19.6 Å². The maximum Gasteiger partial charge on any atom is 0.390 e. The van der Waals surface area contributed by atoms with E-state index in [9.17, 15) is 19.7 Å². The van der Waals surface area contributed by atoms with E-state index in [-0.39, 0.29) is 23.8 Å². The molecular formula is C15H16N4O5. The highest BCUT2D eigenvalue weighted by atomic mass is 16.6. The minimum absolute atomic E-state index is 0.125. The Balaban J connectivity index is 2.01. The SMILES string of the molecule is Cc1cc([N+](=O)[O-])nn1C[C@@H](C)C(=O)Nc1ccc(C(=O)O)cc1. The lowest BCUT2D eigenvalue weighted by Gasteiger charge is -2.11. The van der Waals surface area contributed by atoms with Crippen LogP contribution in [-0.2, 0) is 11.3 Å². The third-order valence-corrected chi connectivity index (χ3v) is 3.45. The maximum absolute atomic E-state index is 12.2. The van der Waals surface area contributed by atoms with Crippen LogP contribution in [0.25, 0.3) is 0 Å². The molecule has 0 aliphatic rings. The van der Waals surface area contributed by atoms with E-state index in [4.69, 9.17) is 5.11 Å². The lowest BCUT2D eigenvalue weighted by Crippen LogP contribution is -2.25. The van der Waals surface area contributed by atoms with Crippen LogP contribution in [0.15, 0.2) is 30.3 Å². The summed E-state index contributed by atoms with van der Waals surface area (Å²) in [4.78, 5) is 33.1. The molecule has 0 saturated carbocycles. The number of aryl methyl sites for hydroxylation is 1. The van der Waals surface area contributed by atoms with E-state index < -0.39 is 16.8 Å². The molecule has 9 nitrogen and oxygen atoms in total. The van der Waals surface area contributed by atoms with E-state index in [2.05, 4.69) is 10.4 Å². The van der Waals surface area contributed by atoms with Crippen molar-refractivity contribution in [3.05, 3.63) is 51.7 Å². The van der Waals surface area contributed by atoms with E-state index in [1.54, 1.807) is 13.8 Å². The van der Waals surface area contributed by atoms with Crippen LogP contribution >= 0.6 is 0 Å². The Kier molecular flexibility index (Phi) is 4.93. The average Bonchev–Trinajstić information content (AvgIpc) is 2.89. The predicted molar refractivity (Wildman–Crippen MR) is 84.8 cm³/mol. The third kappa shape index (κ3) is 3.94. The number of carbonyl (C=O) groups is 2. The number of aromatic carboxylic acids is 1. The molecule has 1 aromatic heterocycles. The lowest BCUT2D eigenvalue weighted by molar-refractivity contribution is -0.389. The number of amides is 1. The van der Waals surface area contributed by atoms with Gasteiger partial charge in [-0.15, -0.1) is 0 Å². The first-order valence-corrected chi connectivity index (χ1v) is 7.11. The van der Waals surface area contributed by atoms with E-state index in [1.165, 1.54) is 35.0 Å². The molecule has 0 fully saturated rings. The highest BCUT2D eigenvalue weighted by Crippen LogP contribution is 2.15. The number of hydrogen-bond acceptors (Lipinski definition) is 5. The van der Waals surface area contributed by atoms with Gasteiger partial charge in [-0.2, -0.15) is 4.68 Å². The van der Waals surface area contributed by atoms with Gasteiger partial charge in [0, 0.05) is 5.69 Å². The van der Waals surface area contributed by atoms with Gasteiger partial charge in [0.1, 0.15) is 0 Å². The third-order valence-electron chi connectivity index (χ3n) is 3.45. The van der Waals surface area contributed by atoms with Gasteiger partial charge in [0.15, 0.2) is 0 Å². The predicted octanol–water partition coefficient (Wildman–Crippen LogP) is 2.07. The lowest BCUT2D eigenvalue weighted by atomic mass is 10.1. The fraction of sp³-hybridized carbons (Fsp3) is 0.267. The molecule has 0 unspecified atom stereocenters. The summed E-state index contributed by atoms with van der Waals surface area (Å²) in [5, 5.41) is 26.1. The number of nitro groups is 1. The van der Waals surface area contributed by atoms with Crippen molar-refractivity contribution in [2.75, 3.05) is 5.32 Å². The summed E-state index contributed by atoms with van der Waals surface area (Å²) in [6.07, 6.45) is 0. The number of anilines is 1. The molecule has 0 aliphatic heterocycles. The van der Waals surface area contributed by atoms with Gasteiger partial charge in [0.25, 0.3) is 0 Å². The summed E-state index contributed by atoms with van der Waals surface area (Å²) in [6, 6.07) is 7.12. The van der Waals surface area contributed by atoms with Crippen LogP contribution in [0.3, 0.4) is 0 Å². The van der Waals surface area contributed by atoms with Gasteiger partial charge in [-0.25, -0.2) is 4.79 Å². The summed E-state index contributed by atoms with van der Waals surface area (Å²) in [5.74, 6) is -2.08. The molecule has 9 heteroatoms. The van der Waals surface area contributed by atoms with Crippen molar-refractivity contribution in [1.29, 1.82) is 0 Å². The molecule has 1 aromatic carbocycles. The molecule has 0 radical (unpaired) electrons. The molecule has 0 spiro atoms. The zero-order valence-corrected chi connectivity index (χ0v) is 13.1. The number of carboxylic acid groups (broad SMARTS) is 1. The summed E-state index contributed by atoms with van der Waals surface area (Å²) < 4.78 is 1.41. The highest BCUT2D eigenvalue weighted by molar-refractivity contribution is 5.93. The number of hydrogen-bond donors (Lipinski definition) is 2. The Morgan fingerprint density at radius 2 is 2.00 bits per heavy atom. The quantitative estimate of drug-likeness (QED) is 0.615. The van der Waals surface area contributed by atoms with Crippen LogP contribution in [0.4, 0.5) is 11.5 Å². The first-order valence-electron chi connectivity index (χ1n) is 7.11. The second-order valence-electron chi connectivity index (χ2n) is 5.36. The van der Waals surface area contributed by atoms with Gasteiger partial charge in [0.2, 0.25) is 5.91 Å². The first-order chi connectivity index (χ1) is 11.3. The Hall–Kier alpha value is -3.23. The molecular weight excluding hydrogens is 316 g/mol. The zero-order valence-electron chi connectivity index (χ0n) is 13.1. The van der Waals surface area contributed by atoms with Crippen molar-refractivity contribution >= 4 is 23.4 Å². The molecule has 0 aliphatic carbocycles. The smallest absolute Gasteiger partial charge is 0.390 e. The summed E-state index contributed by atoms with van der Waals surface area (Å²) >= 11 is 0. The number of aromatic nitrogens is 2. The monoisotopic (exact) mass is 332 g/mol. The number of rotatable bonds is 6. The standard InChI is InChI=1S/C15H16N4O5/c1-9(8-18-10(2)7-13(17-18)19(23)24)14(20)16-12-5-3-11(4-6-12)15(21)22/h3-7,9H,8H2,1-2H3,(H,16,20)(H,21,22)/t9-/m1/s1. The largest absolute Gasteiger partial charge is 0.478 e. The van der Waals surface area contributed by atoms with Crippen molar-refractivity contribution in [3.63, 3.8) is 0 Å². The fourth-order valence-electron chi connectivity index (χ4n) is 2.07. The number of nitrogens with one attached hydrogen (secondary N) is 1. The number of nitrogens with zero attached hydrogens (tertiary/aromatic N) is 3. The molecule has 1 heterocycles. The van der Waals surface area contributed by atoms with E-state index in [0.29, 0.717) is 11.4 Å². The Morgan fingerprint density at radius 3 is 2.50 bits per heavy atom. The number of carboxylic acids is 1. The highest BCUT2D eigenvalue weighted by Gasteiger charge is 2.20. The Labute approximate surface area is 137 Å². The van der Waals surface area contributed by atoms with Crippen LogP contribution in [0.1, 0.15) is 23.0 Å². The van der Waals surface area contributed by atoms with Gasteiger partial charge < -0.3 is 20.5 Å². The summed E-state index contributed by atoms with van der Waals surface area (Å²) in [6.45, 7) is 3.54. The van der Waals surface area contributed by atoms with Gasteiger partial charge in [-0.1, -0.05) is 6.92 Å². The van der Waals surface area contributed by atoms with Crippen molar-refractivity contribution in [2.45, 2.75) is 20.4 Å². The molecule has 2 aromatic rings. The maximum atomic E-state index is 12.2. The number of benzene rings is 1. The van der Waals surface area contributed by atoms with Crippen molar-refractivity contribution in [3.8, 4) is 0 Å². The molecule has 1 atom stereocenters. The zero-order chi connectivity index (χ0) is 17.9. The normalized spacial score (nSPS) is 11.8. The Morgan fingerprint density at radius 1 is 1.38 bits per heavy atom. The average molecular weight is 332 g/mol. The molecule has 2 rings (SSSR count). The van der Waals surface area contributed by atoms with Crippen molar-refractivity contribution in [1.82, 2.24) is 9.78 Å². The van der Waals surface area contributed by atoms with E-state index >= 15 is 0 Å². The van der Waals surface area contributed by atoms with Crippen LogP contribution in [0, 0.1) is 23.0 Å². The van der Waals surface area contributed by atoms with Gasteiger partial charge in [-0.05, 0) is 36.1 Å². The molecule has 0 saturated heterocycles. The van der Waals surface area contributed by atoms with E-state index in [0.717, 1.165) is 0 Å². The van der Waals surface area contributed by atoms with Gasteiger partial charge in [0.05, 0.1) is 34.9 Å². The summed E-state index contributed by atoms with van der Waals surface area (Å²) in [5.41, 5.74) is 1.19. The van der Waals surface area contributed by atoms with Crippen molar-refractivity contribution in [2.24, 2.45) is 5.92 Å². The van der Waals surface area contributed by atoms with Crippen LogP contribution < -0.4 is 5.32 Å². The van der Waals surface area contributed by atoms with Crippen LogP contribution in [0.5, 0.6) is 0 Å². The molecule has 0 bridgehead atoms. The van der Waals surface area contributed by atoms with Crippen LogP contribution in [0.2, 0.25) is 0 Å². The fourth-order valence-corrected chi connectivity index (χ4v) is 2.07. The topological polar surface area (TPSA) is 127 Å². The second kappa shape index (κ2) is 6.90. The van der Waals surface area contributed by atoms with Gasteiger partial charge >= 0.3 is 11.8 Å². The minimum Gasteiger partial charge on any atom is -0.478 e. The minimum atomic E-state index is -1.04. The molecule has 1 amide bonds.